The van der Waals surface area contributed by atoms with Crippen LogP contribution >= 0.6 is 0 Å². The number of carbonyl (C=O) groups excluding carboxylic acids is 1. The van der Waals surface area contributed by atoms with Crippen molar-refractivity contribution in [3.63, 3.8) is 0 Å². The van der Waals surface area contributed by atoms with Gasteiger partial charge in [-0.3, -0.25) is 4.79 Å². The Morgan fingerprint density at radius 1 is 1.16 bits per heavy atom. The smallest absolute Gasteiger partial charge is 0.227 e. The summed E-state index contributed by atoms with van der Waals surface area (Å²) in [5, 5.41) is 3.17. The molecule has 0 saturated heterocycles. The van der Waals surface area contributed by atoms with Crippen molar-refractivity contribution in [2.24, 2.45) is 5.92 Å². The molecule has 0 bridgehead atoms. The molecule has 19 heavy (non-hydrogen) atoms. The Kier molecular flexibility index (Phi) is 3.67. The number of amides is 1. The van der Waals surface area contributed by atoms with Crippen LogP contribution in [0.1, 0.15) is 43.2 Å². The van der Waals surface area contributed by atoms with Crippen LogP contribution in [0, 0.1) is 5.92 Å². The van der Waals surface area contributed by atoms with Crippen molar-refractivity contribution in [1.29, 1.82) is 0 Å². The van der Waals surface area contributed by atoms with Crippen LogP contribution in [0.2, 0.25) is 0 Å². The molecule has 0 heterocycles. The maximum Gasteiger partial charge on any atom is 0.227 e. The van der Waals surface area contributed by atoms with Crippen molar-refractivity contribution in [3.05, 3.63) is 41.5 Å². The van der Waals surface area contributed by atoms with E-state index in [4.69, 9.17) is 0 Å². The fourth-order valence-electron chi connectivity index (χ4n) is 3.16. The van der Waals surface area contributed by atoms with E-state index in [1.807, 2.05) is 0 Å². The highest BCUT2D eigenvalue weighted by molar-refractivity contribution is 5.93. The number of benzene rings is 1. The van der Waals surface area contributed by atoms with E-state index in [0.717, 1.165) is 37.8 Å². The largest absolute Gasteiger partial charge is 0.326 e. The van der Waals surface area contributed by atoms with Gasteiger partial charge in [0.15, 0.2) is 0 Å². The first kappa shape index (κ1) is 12.5. The molecule has 0 fully saturated rings. The molecular formula is C17H21NO. The van der Waals surface area contributed by atoms with Crippen molar-refractivity contribution >= 4 is 11.6 Å². The zero-order chi connectivity index (χ0) is 13.1. The van der Waals surface area contributed by atoms with Crippen LogP contribution in [0.4, 0.5) is 5.69 Å². The molecule has 2 aliphatic rings. The van der Waals surface area contributed by atoms with Crippen molar-refractivity contribution in [2.45, 2.75) is 44.9 Å². The van der Waals surface area contributed by atoms with E-state index >= 15 is 0 Å². The van der Waals surface area contributed by atoms with Gasteiger partial charge in [-0.25, -0.2) is 0 Å². The van der Waals surface area contributed by atoms with Crippen LogP contribution in [0.25, 0.3) is 0 Å². The third kappa shape index (κ3) is 2.73. The standard InChI is InChI=1S/C17H21NO/c19-17(14-8-2-1-3-9-14)18-16-12-6-10-13-7-4-5-11-15(13)16/h1-2,6,10,12,14H,3-5,7-9,11H2,(H,18,19)/t14-/m1/s1. The molecule has 0 spiro atoms. The number of aryl methyl sites for hydroxylation is 1. The average Bonchev–Trinajstić information content (AvgIpc) is 2.48. The maximum atomic E-state index is 12.3. The molecule has 1 aromatic rings. The minimum Gasteiger partial charge on any atom is -0.326 e. The van der Waals surface area contributed by atoms with Crippen LogP contribution in [-0.4, -0.2) is 5.91 Å². The molecule has 2 heteroatoms. The van der Waals surface area contributed by atoms with Crippen molar-refractivity contribution < 1.29 is 4.79 Å². The van der Waals surface area contributed by atoms with Crippen LogP contribution in [0.3, 0.4) is 0 Å². The number of allylic oxidation sites excluding steroid dienone is 2. The second kappa shape index (κ2) is 5.60. The van der Waals surface area contributed by atoms with Crippen LogP contribution < -0.4 is 5.32 Å². The Balaban J connectivity index is 1.76. The van der Waals surface area contributed by atoms with Gasteiger partial charge in [-0.2, -0.15) is 0 Å². The molecular weight excluding hydrogens is 234 g/mol. The summed E-state index contributed by atoms with van der Waals surface area (Å²) >= 11 is 0. The lowest BCUT2D eigenvalue weighted by atomic mass is 9.89. The molecule has 1 atom stereocenters. The summed E-state index contributed by atoms with van der Waals surface area (Å²) in [6.07, 6.45) is 12.0. The number of nitrogens with one attached hydrogen (secondary N) is 1. The minimum atomic E-state index is 0.157. The minimum absolute atomic E-state index is 0.157. The van der Waals surface area contributed by atoms with E-state index in [1.165, 1.54) is 24.0 Å². The molecule has 1 amide bonds. The Bertz CT molecular complexity index is 504. The zero-order valence-electron chi connectivity index (χ0n) is 11.3. The van der Waals surface area contributed by atoms with Gasteiger partial charge in [0.2, 0.25) is 5.91 Å². The SMILES string of the molecule is O=C(Nc1cccc2c1CCCC2)[C@@H]1CC=CCC1. The lowest BCUT2D eigenvalue weighted by Crippen LogP contribution is -2.24. The number of hydrogen-bond acceptors (Lipinski definition) is 1. The average molecular weight is 255 g/mol. The highest BCUT2D eigenvalue weighted by atomic mass is 16.1. The summed E-state index contributed by atoms with van der Waals surface area (Å²) in [5.41, 5.74) is 3.85. The first-order chi connectivity index (χ1) is 9.34. The van der Waals surface area contributed by atoms with Gasteiger partial charge in [-0.1, -0.05) is 24.3 Å². The first-order valence-electron chi connectivity index (χ1n) is 7.41. The summed E-state index contributed by atoms with van der Waals surface area (Å²) < 4.78 is 0. The predicted molar refractivity (Wildman–Crippen MR) is 78.2 cm³/mol. The van der Waals surface area contributed by atoms with E-state index in [9.17, 15) is 4.79 Å². The maximum absolute atomic E-state index is 12.3. The fourth-order valence-corrected chi connectivity index (χ4v) is 3.16. The monoisotopic (exact) mass is 255 g/mol. The first-order valence-corrected chi connectivity index (χ1v) is 7.41. The molecule has 2 nitrogen and oxygen atoms in total. The molecule has 100 valence electrons. The van der Waals surface area contributed by atoms with Gasteiger partial charge in [0, 0.05) is 11.6 Å². The Labute approximate surface area is 114 Å². The molecule has 1 N–H and O–H groups in total. The fraction of sp³-hybridized carbons (Fsp3) is 0.471. The third-order valence-corrected chi connectivity index (χ3v) is 4.29. The quantitative estimate of drug-likeness (QED) is 0.799. The van der Waals surface area contributed by atoms with Gasteiger partial charge in [0.25, 0.3) is 0 Å². The Morgan fingerprint density at radius 3 is 2.89 bits per heavy atom. The number of fused-ring (bicyclic) bond motifs is 1. The molecule has 1 aromatic carbocycles. The summed E-state index contributed by atoms with van der Waals surface area (Å²) in [4.78, 5) is 12.3. The third-order valence-electron chi connectivity index (χ3n) is 4.29. The second-order valence-corrected chi connectivity index (χ2v) is 5.62. The van der Waals surface area contributed by atoms with Gasteiger partial charge in [-0.05, 0) is 62.1 Å². The lowest BCUT2D eigenvalue weighted by molar-refractivity contribution is -0.120. The number of anilines is 1. The van der Waals surface area contributed by atoms with Gasteiger partial charge < -0.3 is 5.32 Å². The van der Waals surface area contributed by atoms with Gasteiger partial charge in [0.1, 0.15) is 0 Å². The van der Waals surface area contributed by atoms with Crippen molar-refractivity contribution in [3.8, 4) is 0 Å². The summed E-state index contributed by atoms with van der Waals surface area (Å²) in [6.45, 7) is 0. The van der Waals surface area contributed by atoms with E-state index in [1.54, 1.807) is 0 Å². The highest BCUT2D eigenvalue weighted by Gasteiger charge is 2.20. The van der Waals surface area contributed by atoms with Gasteiger partial charge >= 0.3 is 0 Å². The van der Waals surface area contributed by atoms with E-state index < -0.39 is 0 Å². The summed E-state index contributed by atoms with van der Waals surface area (Å²) in [5.74, 6) is 0.354. The Morgan fingerprint density at radius 2 is 2.05 bits per heavy atom. The van der Waals surface area contributed by atoms with Crippen LogP contribution in [0.15, 0.2) is 30.4 Å². The lowest BCUT2D eigenvalue weighted by Gasteiger charge is -2.22. The predicted octanol–water partition coefficient (Wildman–Crippen LogP) is 3.86. The van der Waals surface area contributed by atoms with Crippen LogP contribution in [-0.2, 0) is 17.6 Å². The van der Waals surface area contributed by atoms with Crippen molar-refractivity contribution in [1.82, 2.24) is 0 Å². The number of carbonyl (C=O) groups is 1. The summed E-state index contributed by atoms with van der Waals surface area (Å²) in [6, 6.07) is 6.33. The van der Waals surface area contributed by atoms with Gasteiger partial charge in [0.05, 0.1) is 0 Å². The van der Waals surface area contributed by atoms with E-state index in [2.05, 4.69) is 35.7 Å². The highest BCUT2D eigenvalue weighted by Crippen LogP contribution is 2.29. The molecule has 0 unspecified atom stereocenters. The topological polar surface area (TPSA) is 29.1 Å². The van der Waals surface area contributed by atoms with Crippen LogP contribution in [0.5, 0.6) is 0 Å². The second-order valence-electron chi connectivity index (χ2n) is 5.62. The molecule has 0 aliphatic heterocycles. The van der Waals surface area contributed by atoms with Crippen molar-refractivity contribution in [2.75, 3.05) is 5.32 Å². The van der Waals surface area contributed by atoms with E-state index in [-0.39, 0.29) is 11.8 Å². The number of rotatable bonds is 2. The zero-order valence-corrected chi connectivity index (χ0v) is 11.3. The molecule has 3 rings (SSSR count). The van der Waals surface area contributed by atoms with Gasteiger partial charge in [-0.15, -0.1) is 0 Å². The summed E-state index contributed by atoms with van der Waals surface area (Å²) in [7, 11) is 0. The Hall–Kier alpha value is -1.57. The molecule has 0 radical (unpaired) electrons. The van der Waals surface area contributed by atoms with E-state index in [0.29, 0.717) is 0 Å². The molecule has 0 aromatic heterocycles. The molecule has 0 saturated carbocycles. The molecule has 2 aliphatic carbocycles. The normalized spacial score (nSPS) is 21.8. The number of hydrogen-bond donors (Lipinski definition) is 1.